The molecular formula is C19H21ClN2O2. The number of aromatic nitrogens is 1. The number of aryl methyl sites for hydroxylation is 1. The smallest absolute Gasteiger partial charge is 0.118 e. The standard InChI is InChI=1S/C19H20N2O2.ClH/c1-13-3-8-16-18(20-9-10-22)12-17(21-19(16)11-13)14-4-6-15(23-2)7-5-14;/h3-8,11-12,22H,9-10H2,1-2H3,(H,20,21);1H. The summed E-state index contributed by atoms with van der Waals surface area (Å²) in [4.78, 5) is 4.79. The quantitative estimate of drug-likeness (QED) is 0.733. The van der Waals surface area contributed by atoms with Gasteiger partial charge in [0.15, 0.2) is 0 Å². The molecule has 0 saturated carbocycles. The van der Waals surface area contributed by atoms with Crippen molar-refractivity contribution in [3.05, 3.63) is 54.1 Å². The maximum Gasteiger partial charge on any atom is 0.118 e. The van der Waals surface area contributed by atoms with E-state index >= 15 is 0 Å². The zero-order chi connectivity index (χ0) is 16.2. The third-order valence-electron chi connectivity index (χ3n) is 3.78. The van der Waals surface area contributed by atoms with Crippen LogP contribution in [0.4, 0.5) is 5.69 Å². The lowest BCUT2D eigenvalue weighted by atomic mass is 10.1. The first kappa shape index (κ1) is 18.0. The van der Waals surface area contributed by atoms with Gasteiger partial charge in [0.05, 0.1) is 24.9 Å². The van der Waals surface area contributed by atoms with Gasteiger partial charge >= 0.3 is 0 Å². The molecule has 24 heavy (non-hydrogen) atoms. The molecule has 0 bridgehead atoms. The van der Waals surface area contributed by atoms with Crippen molar-refractivity contribution >= 4 is 29.0 Å². The second kappa shape index (κ2) is 7.99. The van der Waals surface area contributed by atoms with E-state index in [4.69, 9.17) is 14.8 Å². The number of anilines is 1. The summed E-state index contributed by atoms with van der Waals surface area (Å²) >= 11 is 0. The third kappa shape index (κ3) is 3.78. The molecule has 0 atom stereocenters. The summed E-state index contributed by atoms with van der Waals surface area (Å²) in [5.74, 6) is 0.823. The Hall–Kier alpha value is -2.30. The van der Waals surface area contributed by atoms with Gasteiger partial charge in [-0.15, -0.1) is 12.4 Å². The average molecular weight is 345 g/mol. The van der Waals surface area contributed by atoms with E-state index in [1.54, 1.807) is 7.11 Å². The maximum absolute atomic E-state index is 9.10. The number of benzene rings is 2. The average Bonchev–Trinajstić information content (AvgIpc) is 2.59. The monoisotopic (exact) mass is 344 g/mol. The van der Waals surface area contributed by atoms with Crippen LogP contribution in [0.25, 0.3) is 22.2 Å². The van der Waals surface area contributed by atoms with E-state index in [0.29, 0.717) is 6.54 Å². The molecule has 3 rings (SSSR count). The maximum atomic E-state index is 9.10. The summed E-state index contributed by atoms with van der Waals surface area (Å²) in [6.45, 7) is 2.66. The molecule has 0 amide bonds. The highest BCUT2D eigenvalue weighted by atomic mass is 35.5. The van der Waals surface area contributed by atoms with Gasteiger partial charge in [0, 0.05) is 23.2 Å². The van der Waals surface area contributed by atoms with Crippen molar-refractivity contribution in [1.82, 2.24) is 4.98 Å². The van der Waals surface area contributed by atoms with Crippen LogP contribution >= 0.6 is 12.4 Å². The van der Waals surface area contributed by atoms with Crippen molar-refractivity contribution in [2.75, 3.05) is 25.6 Å². The molecule has 0 fully saturated rings. The number of rotatable bonds is 5. The molecule has 0 radical (unpaired) electrons. The number of fused-ring (bicyclic) bond motifs is 1. The second-order valence-electron chi connectivity index (χ2n) is 5.45. The van der Waals surface area contributed by atoms with E-state index in [0.717, 1.165) is 33.6 Å². The molecule has 5 heteroatoms. The minimum absolute atomic E-state index is 0. The van der Waals surface area contributed by atoms with Gasteiger partial charge in [-0.2, -0.15) is 0 Å². The van der Waals surface area contributed by atoms with E-state index in [2.05, 4.69) is 30.4 Å². The summed E-state index contributed by atoms with van der Waals surface area (Å²) < 4.78 is 5.21. The number of hydrogen-bond acceptors (Lipinski definition) is 4. The van der Waals surface area contributed by atoms with Gasteiger partial charge in [0.2, 0.25) is 0 Å². The van der Waals surface area contributed by atoms with Crippen molar-refractivity contribution in [3.8, 4) is 17.0 Å². The number of ether oxygens (including phenoxy) is 1. The third-order valence-corrected chi connectivity index (χ3v) is 3.78. The van der Waals surface area contributed by atoms with E-state index in [-0.39, 0.29) is 19.0 Å². The van der Waals surface area contributed by atoms with Crippen molar-refractivity contribution in [2.24, 2.45) is 0 Å². The first-order valence-corrected chi connectivity index (χ1v) is 7.62. The number of methoxy groups -OCH3 is 1. The Morgan fingerprint density at radius 1 is 1.08 bits per heavy atom. The predicted octanol–water partition coefficient (Wildman–Crippen LogP) is 4.04. The fourth-order valence-corrected chi connectivity index (χ4v) is 2.58. The molecule has 0 aliphatic heterocycles. The first-order chi connectivity index (χ1) is 11.2. The SMILES string of the molecule is COc1ccc(-c2cc(NCCO)c3ccc(C)cc3n2)cc1.Cl. The van der Waals surface area contributed by atoms with Crippen LogP contribution < -0.4 is 10.1 Å². The van der Waals surface area contributed by atoms with Gasteiger partial charge in [-0.05, 0) is 48.9 Å². The van der Waals surface area contributed by atoms with Crippen LogP contribution in [0.1, 0.15) is 5.56 Å². The fraction of sp³-hybridized carbons (Fsp3) is 0.211. The lowest BCUT2D eigenvalue weighted by Crippen LogP contribution is -2.06. The number of aliphatic hydroxyl groups is 1. The van der Waals surface area contributed by atoms with Gasteiger partial charge in [-0.3, -0.25) is 0 Å². The summed E-state index contributed by atoms with van der Waals surface area (Å²) in [5.41, 5.74) is 5.02. The van der Waals surface area contributed by atoms with Crippen LogP contribution in [0, 0.1) is 6.92 Å². The lowest BCUT2D eigenvalue weighted by Gasteiger charge is -2.12. The highest BCUT2D eigenvalue weighted by Crippen LogP contribution is 2.29. The molecule has 0 spiro atoms. The molecule has 2 aromatic carbocycles. The Kier molecular flexibility index (Phi) is 6.01. The molecule has 3 aromatic rings. The number of halogens is 1. The lowest BCUT2D eigenvalue weighted by molar-refractivity contribution is 0.311. The molecule has 0 aliphatic rings. The molecule has 1 aromatic heterocycles. The van der Waals surface area contributed by atoms with E-state index in [1.807, 2.05) is 30.3 Å². The molecule has 126 valence electrons. The molecule has 4 nitrogen and oxygen atoms in total. The number of nitrogens with one attached hydrogen (secondary N) is 1. The molecule has 2 N–H and O–H groups in total. The summed E-state index contributed by atoms with van der Waals surface area (Å²) in [6.07, 6.45) is 0. The Morgan fingerprint density at radius 2 is 1.83 bits per heavy atom. The highest BCUT2D eigenvalue weighted by Gasteiger charge is 2.08. The Morgan fingerprint density at radius 3 is 2.50 bits per heavy atom. The Bertz CT molecular complexity index is 819. The fourth-order valence-electron chi connectivity index (χ4n) is 2.58. The van der Waals surface area contributed by atoms with Crippen LogP contribution in [-0.2, 0) is 0 Å². The number of aliphatic hydroxyl groups excluding tert-OH is 1. The van der Waals surface area contributed by atoms with E-state index in [9.17, 15) is 0 Å². The van der Waals surface area contributed by atoms with Gasteiger partial charge in [0.1, 0.15) is 5.75 Å². The van der Waals surface area contributed by atoms with Gasteiger partial charge in [-0.1, -0.05) is 12.1 Å². The summed E-state index contributed by atoms with van der Waals surface area (Å²) in [7, 11) is 1.66. The van der Waals surface area contributed by atoms with Crippen LogP contribution in [0.2, 0.25) is 0 Å². The van der Waals surface area contributed by atoms with Crippen LogP contribution in [0.15, 0.2) is 48.5 Å². The van der Waals surface area contributed by atoms with Crippen molar-refractivity contribution in [2.45, 2.75) is 6.92 Å². The molecule has 0 aliphatic carbocycles. The van der Waals surface area contributed by atoms with Gasteiger partial charge in [0.25, 0.3) is 0 Å². The second-order valence-corrected chi connectivity index (χ2v) is 5.45. The number of pyridine rings is 1. The minimum atomic E-state index is 0. The highest BCUT2D eigenvalue weighted by molar-refractivity contribution is 5.94. The zero-order valence-electron chi connectivity index (χ0n) is 13.7. The van der Waals surface area contributed by atoms with Crippen molar-refractivity contribution in [3.63, 3.8) is 0 Å². The summed E-state index contributed by atoms with van der Waals surface area (Å²) in [5, 5.41) is 13.4. The number of nitrogens with zero attached hydrogens (tertiary/aromatic N) is 1. The van der Waals surface area contributed by atoms with Crippen molar-refractivity contribution < 1.29 is 9.84 Å². The van der Waals surface area contributed by atoms with Crippen LogP contribution in [0.3, 0.4) is 0 Å². The van der Waals surface area contributed by atoms with Crippen LogP contribution in [-0.4, -0.2) is 30.4 Å². The van der Waals surface area contributed by atoms with Gasteiger partial charge < -0.3 is 15.2 Å². The van der Waals surface area contributed by atoms with Crippen molar-refractivity contribution in [1.29, 1.82) is 0 Å². The van der Waals surface area contributed by atoms with Crippen LogP contribution in [0.5, 0.6) is 5.75 Å². The Balaban J connectivity index is 0.00000208. The topological polar surface area (TPSA) is 54.4 Å². The predicted molar refractivity (Wildman–Crippen MR) is 101 cm³/mol. The molecule has 1 heterocycles. The molecular weight excluding hydrogens is 324 g/mol. The molecule has 0 unspecified atom stereocenters. The van der Waals surface area contributed by atoms with Gasteiger partial charge in [-0.25, -0.2) is 4.98 Å². The normalized spacial score (nSPS) is 10.3. The Labute approximate surface area is 147 Å². The largest absolute Gasteiger partial charge is 0.497 e. The summed E-state index contributed by atoms with van der Waals surface area (Å²) in [6, 6.07) is 16.1. The first-order valence-electron chi connectivity index (χ1n) is 7.62. The number of hydrogen-bond donors (Lipinski definition) is 2. The molecule has 0 saturated heterocycles. The zero-order valence-corrected chi connectivity index (χ0v) is 14.6. The van der Waals surface area contributed by atoms with E-state index < -0.39 is 0 Å². The minimum Gasteiger partial charge on any atom is -0.497 e. The van der Waals surface area contributed by atoms with E-state index in [1.165, 1.54) is 5.56 Å².